The van der Waals surface area contributed by atoms with Crippen molar-refractivity contribution in [2.75, 3.05) is 10.6 Å². The van der Waals surface area contributed by atoms with Crippen molar-refractivity contribution in [2.45, 2.75) is 17.1 Å². The molecule has 0 fully saturated rings. The summed E-state index contributed by atoms with van der Waals surface area (Å²) in [5.41, 5.74) is 1.55. The zero-order valence-corrected chi connectivity index (χ0v) is 23.2. The number of aromatic hydroxyl groups is 1. The summed E-state index contributed by atoms with van der Waals surface area (Å²) < 4.78 is 0. The van der Waals surface area contributed by atoms with E-state index < -0.39 is 28.8 Å². The van der Waals surface area contributed by atoms with Gasteiger partial charge in [0.05, 0.1) is 5.25 Å². The smallest absolute Gasteiger partial charge is 0.339 e. The van der Waals surface area contributed by atoms with Gasteiger partial charge in [-0.3, -0.25) is 14.4 Å². The number of benzene rings is 4. The van der Waals surface area contributed by atoms with Crippen molar-refractivity contribution in [3.8, 4) is 5.75 Å². The number of amides is 3. The van der Waals surface area contributed by atoms with Gasteiger partial charge in [-0.2, -0.15) is 0 Å². The summed E-state index contributed by atoms with van der Waals surface area (Å²) in [6.45, 7) is 1.68. The van der Waals surface area contributed by atoms with Crippen molar-refractivity contribution in [2.24, 2.45) is 0 Å². The predicted molar refractivity (Wildman–Crippen MR) is 162 cm³/mol. The van der Waals surface area contributed by atoms with Crippen LogP contribution in [0, 0.1) is 0 Å². The molecule has 3 amide bonds. The fraction of sp³-hybridized carbons (Fsp3) is 0.0625. The summed E-state index contributed by atoms with van der Waals surface area (Å²) in [6, 6.07) is 28.4. The first-order valence-electron chi connectivity index (χ1n) is 12.8. The molecule has 42 heavy (non-hydrogen) atoms. The second-order valence-electron chi connectivity index (χ2n) is 9.06. The van der Waals surface area contributed by atoms with Gasteiger partial charge in [0.2, 0.25) is 5.91 Å². The Labute approximate surface area is 246 Å². The second-order valence-corrected chi connectivity index (χ2v) is 10.5. The summed E-state index contributed by atoms with van der Waals surface area (Å²) in [6.07, 6.45) is 1.58. The summed E-state index contributed by atoms with van der Waals surface area (Å²) in [5, 5.41) is 26.4. The summed E-state index contributed by atoms with van der Waals surface area (Å²) in [4.78, 5) is 50.9. The van der Waals surface area contributed by atoms with Crippen molar-refractivity contribution in [1.82, 2.24) is 5.32 Å². The van der Waals surface area contributed by atoms with Gasteiger partial charge in [0.15, 0.2) is 0 Å². The van der Waals surface area contributed by atoms with Crippen molar-refractivity contribution in [3.05, 3.63) is 126 Å². The number of thioether (sulfide) groups is 1. The number of nitrogens with one attached hydrogen (secondary N) is 3. The van der Waals surface area contributed by atoms with Crippen LogP contribution in [0.3, 0.4) is 0 Å². The Bertz CT molecular complexity index is 1640. The van der Waals surface area contributed by atoms with Crippen LogP contribution in [0.2, 0.25) is 0 Å². The lowest BCUT2D eigenvalue weighted by atomic mass is 10.1. The molecule has 0 heterocycles. The van der Waals surface area contributed by atoms with E-state index in [1.54, 1.807) is 67.6 Å². The SMILES string of the molecule is CC(Sc1cccc(NC(=O)/C(=C/c2ccccc2)NC(=O)c2ccccc2)c1)C(=O)Nc1ccc(O)c(C(=O)O)c1. The molecule has 0 radical (unpaired) electrons. The van der Waals surface area contributed by atoms with Crippen LogP contribution in [0.4, 0.5) is 11.4 Å². The molecule has 0 aliphatic carbocycles. The molecule has 1 unspecified atom stereocenters. The second kappa shape index (κ2) is 13.8. The van der Waals surface area contributed by atoms with Gasteiger partial charge in [-0.1, -0.05) is 54.6 Å². The van der Waals surface area contributed by atoms with Crippen LogP contribution in [0.25, 0.3) is 6.08 Å². The number of hydrogen-bond donors (Lipinski definition) is 5. The Morgan fingerprint density at radius 3 is 2.14 bits per heavy atom. The fourth-order valence-electron chi connectivity index (χ4n) is 3.79. The fourth-order valence-corrected chi connectivity index (χ4v) is 4.72. The van der Waals surface area contributed by atoms with Crippen molar-refractivity contribution in [1.29, 1.82) is 0 Å². The molecule has 10 heteroatoms. The number of aromatic carboxylic acids is 1. The number of carbonyl (C=O) groups excluding carboxylic acids is 3. The molecular formula is C32H27N3O6S. The Morgan fingerprint density at radius 2 is 1.45 bits per heavy atom. The zero-order valence-electron chi connectivity index (χ0n) is 22.4. The van der Waals surface area contributed by atoms with E-state index in [-0.39, 0.29) is 22.9 Å². The highest BCUT2D eigenvalue weighted by atomic mass is 32.2. The van der Waals surface area contributed by atoms with E-state index in [0.717, 1.165) is 5.56 Å². The Morgan fingerprint density at radius 1 is 0.786 bits per heavy atom. The van der Waals surface area contributed by atoms with E-state index in [2.05, 4.69) is 16.0 Å². The normalized spacial score (nSPS) is 11.7. The molecule has 1 atom stereocenters. The van der Waals surface area contributed by atoms with Crippen LogP contribution in [0.5, 0.6) is 5.75 Å². The number of hydrogen-bond acceptors (Lipinski definition) is 6. The lowest BCUT2D eigenvalue weighted by Gasteiger charge is -2.14. The number of rotatable bonds is 10. The van der Waals surface area contributed by atoms with Crippen LogP contribution in [-0.4, -0.2) is 39.2 Å². The maximum Gasteiger partial charge on any atom is 0.339 e. The van der Waals surface area contributed by atoms with Crippen LogP contribution in [-0.2, 0) is 9.59 Å². The molecular weight excluding hydrogens is 554 g/mol. The molecule has 0 spiro atoms. The van der Waals surface area contributed by atoms with E-state index in [4.69, 9.17) is 0 Å². The molecule has 0 aromatic heterocycles. The van der Waals surface area contributed by atoms with Gasteiger partial charge >= 0.3 is 5.97 Å². The maximum absolute atomic E-state index is 13.3. The minimum absolute atomic E-state index is 0.0514. The minimum atomic E-state index is -1.31. The summed E-state index contributed by atoms with van der Waals surface area (Å²) in [7, 11) is 0. The Hall–Kier alpha value is -5.35. The van der Waals surface area contributed by atoms with Gasteiger partial charge in [0.25, 0.3) is 11.8 Å². The van der Waals surface area contributed by atoms with Crippen LogP contribution < -0.4 is 16.0 Å². The van der Waals surface area contributed by atoms with E-state index in [1.807, 2.05) is 30.3 Å². The van der Waals surface area contributed by atoms with E-state index in [9.17, 15) is 29.4 Å². The molecule has 0 bridgehead atoms. The first kappa shape index (κ1) is 29.6. The lowest BCUT2D eigenvalue weighted by molar-refractivity contribution is -0.115. The number of carbonyl (C=O) groups is 4. The van der Waals surface area contributed by atoms with Crippen molar-refractivity contribution < 1.29 is 29.4 Å². The molecule has 4 rings (SSSR count). The average molecular weight is 582 g/mol. The number of phenols is 1. The lowest BCUT2D eigenvalue weighted by Crippen LogP contribution is -2.30. The van der Waals surface area contributed by atoms with Crippen molar-refractivity contribution in [3.63, 3.8) is 0 Å². The number of anilines is 2. The molecule has 5 N–H and O–H groups in total. The van der Waals surface area contributed by atoms with E-state index in [1.165, 1.54) is 30.0 Å². The van der Waals surface area contributed by atoms with E-state index in [0.29, 0.717) is 16.1 Å². The highest BCUT2D eigenvalue weighted by molar-refractivity contribution is 8.00. The van der Waals surface area contributed by atoms with Gasteiger partial charge in [0, 0.05) is 21.8 Å². The molecule has 212 valence electrons. The number of carboxylic acids is 1. The van der Waals surface area contributed by atoms with Gasteiger partial charge in [-0.25, -0.2) is 4.79 Å². The summed E-state index contributed by atoms with van der Waals surface area (Å²) in [5.74, 6) is -3.05. The third-order valence-corrected chi connectivity index (χ3v) is 7.00. The van der Waals surface area contributed by atoms with Gasteiger partial charge in [-0.15, -0.1) is 11.8 Å². The van der Waals surface area contributed by atoms with Crippen molar-refractivity contribution >= 4 is 52.9 Å². The van der Waals surface area contributed by atoms with Crippen LogP contribution in [0.1, 0.15) is 33.2 Å². The third kappa shape index (κ3) is 8.09. The highest BCUT2D eigenvalue weighted by Crippen LogP contribution is 2.28. The first-order chi connectivity index (χ1) is 20.2. The summed E-state index contributed by atoms with van der Waals surface area (Å²) >= 11 is 1.23. The van der Waals surface area contributed by atoms with Crippen LogP contribution >= 0.6 is 11.8 Å². The quantitative estimate of drug-likeness (QED) is 0.0929. The standard InChI is InChI=1S/C32H27N3O6S/c1-20(29(37)33-24-15-16-28(36)26(19-24)32(40)41)42-25-14-8-13-23(18-25)34-31(39)27(17-21-9-4-2-5-10-21)35-30(38)22-11-6-3-7-12-22/h2-20,36H,1H3,(H,33,37)(H,34,39)(H,35,38)(H,40,41)/b27-17-. The van der Waals surface area contributed by atoms with Gasteiger partial charge in [0.1, 0.15) is 17.0 Å². The van der Waals surface area contributed by atoms with Gasteiger partial charge < -0.3 is 26.2 Å². The Balaban J connectivity index is 1.45. The minimum Gasteiger partial charge on any atom is -0.507 e. The number of carboxylic acid groups (broad SMARTS) is 1. The van der Waals surface area contributed by atoms with E-state index >= 15 is 0 Å². The molecule has 4 aromatic rings. The Kier molecular flexibility index (Phi) is 9.75. The molecule has 9 nitrogen and oxygen atoms in total. The monoisotopic (exact) mass is 581 g/mol. The first-order valence-corrected chi connectivity index (χ1v) is 13.7. The average Bonchev–Trinajstić information content (AvgIpc) is 2.98. The molecule has 0 saturated carbocycles. The predicted octanol–water partition coefficient (Wildman–Crippen LogP) is 5.62. The maximum atomic E-state index is 13.3. The molecule has 0 aliphatic heterocycles. The largest absolute Gasteiger partial charge is 0.507 e. The van der Waals surface area contributed by atoms with Gasteiger partial charge in [-0.05, 0) is 67.1 Å². The van der Waals surface area contributed by atoms with Crippen LogP contribution in [0.15, 0.2) is 114 Å². The zero-order chi connectivity index (χ0) is 30.1. The molecule has 0 aliphatic rings. The molecule has 0 saturated heterocycles. The highest BCUT2D eigenvalue weighted by Gasteiger charge is 2.18. The molecule has 4 aromatic carbocycles. The topological polar surface area (TPSA) is 145 Å². The third-order valence-electron chi connectivity index (χ3n) is 5.91.